The van der Waals surface area contributed by atoms with Gasteiger partial charge in [0, 0.05) is 18.8 Å². The predicted octanol–water partition coefficient (Wildman–Crippen LogP) is 3.19. The summed E-state index contributed by atoms with van der Waals surface area (Å²) in [5, 5.41) is 4.95. The van der Waals surface area contributed by atoms with Gasteiger partial charge in [0.2, 0.25) is 0 Å². The molecule has 0 saturated heterocycles. The first kappa shape index (κ1) is 12.9. The standard InChI is InChI=1S/C13H16ClN3O/c1-4-9-6-11(17(5-2)16-9)10-8-15-13(14)7-12(10)18-3/h6-8H,4-5H2,1-3H3. The van der Waals surface area contributed by atoms with Crippen LogP contribution in [0.5, 0.6) is 5.75 Å². The summed E-state index contributed by atoms with van der Waals surface area (Å²) >= 11 is 5.88. The molecular weight excluding hydrogens is 250 g/mol. The van der Waals surface area contributed by atoms with Crippen molar-refractivity contribution in [2.45, 2.75) is 26.8 Å². The van der Waals surface area contributed by atoms with E-state index in [1.165, 1.54) is 0 Å². The highest BCUT2D eigenvalue weighted by atomic mass is 35.5. The summed E-state index contributed by atoms with van der Waals surface area (Å²) < 4.78 is 7.31. The van der Waals surface area contributed by atoms with Crippen molar-refractivity contribution in [1.82, 2.24) is 14.8 Å². The molecule has 0 atom stereocenters. The normalized spacial score (nSPS) is 10.7. The highest BCUT2D eigenvalue weighted by molar-refractivity contribution is 6.29. The lowest BCUT2D eigenvalue weighted by Crippen LogP contribution is -2.01. The van der Waals surface area contributed by atoms with Crippen LogP contribution in [-0.4, -0.2) is 21.9 Å². The third kappa shape index (κ3) is 2.34. The molecule has 0 saturated carbocycles. The molecule has 0 aliphatic heterocycles. The maximum Gasteiger partial charge on any atom is 0.132 e. The summed E-state index contributed by atoms with van der Waals surface area (Å²) in [5.74, 6) is 0.715. The monoisotopic (exact) mass is 265 g/mol. The molecule has 96 valence electrons. The van der Waals surface area contributed by atoms with Crippen molar-refractivity contribution in [3.63, 3.8) is 0 Å². The Morgan fingerprint density at radius 3 is 2.72 bits per heavy atom. The van der Waals surface area contributed by atoms with Gasteiger partial charge in [-0.3, -0.25) is 4.68 Å². The van der Waals surface area contributed by atoms with Crippen LogP contribution in [0, 0.1) is 0 Å². The second kappa shape index (κ2) is 5.40. The van der Waals surface area contributed by atoms with E-state index < -0.39 is 0 Å². The van der Waals surface area contributed by atoms with Crippen molar-refractivity contribution in [3.8, 4) is 17.0 Å². The molecule has 2 aromatic rings. The van der Waals surface area contributed by atoms with Gasteiger partial charge in [-0.2, -0.15) is 5.10 Å². The molecule has 2 rings (SSSR count). The smallest absolute Gasteiger partial charge is 0.132 e. The number of nitrogens with zero attached hydrogens (tertiary/aromatic N) is 3. The highest BCUT2D eigenvalue weighted by Gasteiger charge is 2.13. The third-order valence-electron chi connectivity index (χ3n) is 2.82. The molecule has 0 bridgehead atoms. The molecule has 0 radical (unpaired) electrons. The van der Waals surface area contributed by atoms with E-state index in [0.29, 0.717) is 10.9 Å². The Hall–Kier alpha value is -1.55. The van der Waals surface area contributed by atoms with Crippen molar-refractivity contribution in [2.75, 3.05) is 7.11 Å². The minimum absolute atomic E-state index is 0.425. The minimum atomic E-state index is 0.425. The van der Waals surface area contributed by atoms with Crippen LogP contribution in [-0.2, 0) is 13.0 Å². The van der Waals surface area contributed by atoms with E-state index in [4.69, 9.17) is 16.3 Å². The van der Waals surface area contributed by atoms with Gasteiger partial charge in [-0.1, -0.05) is 18.5 Å². The van der Waals surface area contributed by atoms with Gasteiger partial charge < -0.3 is 4.74 Å². The molecular formula is C13H16ClN3O. The Morgan fingerprint density at radius 1 is 1.33 bits per heavy atom. The van der Waals surface area contributed by atoms with Gasteiger partial charge >= 0.3 is 0 Å². The van der Waals surface area contributed by atoms with E-state index >= 15 is 0 Å². The first-order valence-corrected chi connectivity index (χ1v) is 6.34. The summed E-state index contributed by atoms with van der Waals surface area (Å²) in [6.45, 7) is 4.95. The van der Waals surface area contributed by atoms with E-state index in [0.717, 1.165) is 29.9 Å². The number of aromatic nitrogens is 3. The first-order valence-electron chi connectivity index (χ1n) is 5.96. The van der Waals surface area contributed by atoms with Crippen LogP contribution >= 0.6 is 11.6 Å². The molecule has 4 nitrogen and oxygen atoms in total. The van der Waals surface area contributed by atoms with Crippen LogP contribution in [0.25, 0.3) is 11.3 Å². The minimum Gasteiger partial charge on any atom is -0.496 e. The number of aryl methyl sites for hydroxylation is 2. The Kier molecular flexibility index (Phi) is 3.87. The lowest BCUT2D eigenvalue weighted by Gasteiger charge is -2.09. The molecule has 2 aromatic heterocycles. The maximum atomic E-state index is 5.88. The molecule has 0 fully saturated rings. The summed E-state index contributed by atoms with van der Waals surface area (Å²) in [6, 6.07) is 3.78. The van der Waals surface area contributed by atoms with Crippen LogP contribution in [0.2, 0.25) is 5.15 Å². The van der Waals surface area contributed by atoms with Crippen molar-refractivity contribution in [2.24, 2.45) is 0 Å². The lowest BCUT2D eigenvalue weighted by atomic mass is 10.1. The van der Waals surface area contributed by atoms with Gasteiger partial charge in [-0.05, 0) is 19.4 Å². The van der Waals surface area contributed by atoms with Crippen LogP contribution in [0.15, 0.2) is 18.3 Å². The number of ether oxygens (including phenoxy) is 1. The fourth-order valence-corrected chi connectivity index (χ4v) is 2.02. The Bertz CT molecular complexity index is 551. The van der Waals surface area contributed by atoms with E-state index in [-0.39, 0.29) is 0 Å². The van der Waals surface area contributed by atoms with Crippen LogP contribution in [0.3, 0.4) is 0 Å². The average Bonchev–Trinajstić information content (AvgIpc) is 2.81. The van der Waals surface area contributed by atoms with Crippen LogP contribution < -0.4 is 4.74 Å². The van der Waals surface area contributed by atoms with Gasteiger partial charge in [-0.25, -0.2) is 4.98 Å². The molecule has 5 heteroatoms. The molecule has 0 aliphatic rings. The molecule has 18 heavy (non-hydrogen) atoms. The number of methoxy groups -OCH3 is 1. The number of halogens is 1. The Balaban J connectivity index is 2.56. The largest absolute Gasteiger partial charge is 0.496 e. The lowest BCUT2D eigenvalue weighted by molar-refractivity contribution is 0.415. The van der Waals surface area contributed by atoms with E-state index in [1.807, 2.05) is 4.68 Å². The summed E-state index contributed by atoms with van der Waals surface area (Å²) in [5.41, 5.74) is 2.98. The maximum absolute atomic E-state index is 5.88. The van der Waals surface area contributed by atoms with Crippen molar-refractivity contribution >= 4 is 11.6 Å². The second-order valence-electron chi connectivity index (χ2n) is 3.90. The number of hydrogen-bond donors (Lipinski definition) is 0. The average molecular weight is 266 g/mol. The summed E-state index contributed by atoms with van der Waals surface area (Å²) in [4.78, 5) is 4.12. The molecule has 0 amide bonds. The van der Waals surface area contributed by atoms with Crippen molar-refractivity contribution < 1.29 is 4.74 Å². The van der Waals surface area contributed by atoms with Gasteiger partial charge in [-0.15, -0.1) is 0 Å². The van der Waals surface area contributed by atoms with E-state index in [2.05, 4.69) is 30.0 Å². The molecule has 0 aromatic carbocycles. The third-order valence-corrected chi connectivity index (χ3v) is 3.03. The Morgan fingerprint density at radius 2 is 2.11 bits per heavy atom. The van der Waals surface area contributed by atoms with Crippen LogP contribution in [0.4, 0.5) is 0 Å². The van der Waals surface area contributed by atoms with Gasteiger partial charge in [0.25, 0.3) is 0 Å². The Labute approximate surface area is 112 Å². The van der Waals surface area contributed by atoms with Gasteiger partial charge in [0.1, 0.15) is 10.9 Å². The topological polar surface area (TPSA) is 39.9 Å². The molecule has 0 unspecified atom stereocenters. The molecule has 0 N–H and O–H groups in total. The van der Waals surface area contributed by atoms with Gasteiger partial charge in [0.15, 0.2) is 0 Å². The van der Waals surface area contributed by atoms with E-state index in [1.54, 1.807) is 19.4 Å². The zero-order valence-corrected chi connectivity index (χ0v) is 11.5. The van der Waals surface area contributed by atoms with E-state index in [9.17, 15) is 0 Å². The van der Waals surface area contributed by atoms with Crippen molar-refractivity contribution in [1.29, 1.82) is 0 Å². The summed E-state index contributed by atoms with van der Waals surface area (Å²) in [6.07, 6.45) is 2.63. The molecule has 2 heterocycles. The quantitative estimate of drug-likeness (QED) is 0.797. The predicted molar refractivity (Wildman–Crippen MR) is 72.1 cm³/mol. The fourth-order valence-electron chi connectivity index (χ4n) is 1.88. The first-order chi connectivity index (χ1) is 8.69. The number of rotatable bonds is 4. The van der Waals surface area contributed by atoms with Crippen LogP contribution in [0.1, 0.15) is 19.5 Å². The SMILES string of the molecule is CCc1cc(-c2cnc(Cl)cc2OC)n(CC)n1. The number of pyridine rings is 1. The molecule has 0 spiro atoms. The number of hydrogen-bond acceptors (Lipinski definition) is 3. The fraction of sp³-hybridized carbons (Fsp3) is 0.385. The highest BCUT2D eigenvalue weighted by Crippen LogP contribution is 2.31. The van der Waals surface area contributed by atoms with Gasteiger partial charge in [0.05, 0.1) is 24.1 Å². The van der Waals surface area contributed by atoms with Crippen molar-refractivity contribution in [3.05, 3.63) is 29.2 Å². The second-order valence-corrected chi connectivity index (χ2v) is 4.28. The summed E-state index contributed by atoms with van der Waals surface area (Å²) in [7, 11) is 1.63. The molecule has 0 aliphatic carbocycles. The zero-order chi connectivity index (χ0) is 13.1. The zero-order valence-electron chi connectivity index (χ0n) is 10.8.